The summed E-state index contributed by atoms with van der Waals surface area (Å²) >= 11 is 1.45. The number of aryl methyl sites for hydroxylation is 1. The van der Waals surface area contributed by atoms with E-state index in [0.29, 0.717) is 10.5 Å². The molecule has 1 aliphatic heterocycles. The smallest absolute Gasteiger partial charge is 0.200 e. The molecule has 3 heteroatoms. The third kappa shape index (κ3) is 2.17. The zero-order valence-electron chi connectivity index (χ0n) is 10.4. The van der Waals surface area contributed by atoms with Gasteiger partial charge in [-0.05, 0) is 37.3 Å². The van der Waals surface area contributed by atoms with Gasteiger partial charge in [0.05, 0.1) is 4.91 Å². The number of hydrogen-bond acceptors (Lipinski definition) is 3. The maximum atomic E-state index is 12.2. The van der Waals surface area contributed by atoms with E-state index in [1.165, 1.54) is 11.8 Å². The van der Waals surface area contributed by atoms with Crippen molar-refractivity contribution in [3.05, 3.63) is 64.1 Å². The molecule has 0 fully saturated rings. The molecule has 1 heterocycles. The molecule has 1 aliphatic rings. The molecule has 3 rings (SSSR count). The van der Waals surface area contributed by atoms with Crippen LogP contribution in [0.3, 0.4) is 0 Å². The average molecular weight is 268 g/mol. The number of fused-ring (bicyclic) bond motifs is 1. The Morgan fingerprint density at radius 3 is 2.74 bits per heavy atom. The Balaban J connectivity index is 2.03. The van der Waals surface area contributed by atoms with Gasteiger partial charge in [0.2, 0.25) is 5.78 Å². The molecular weight excluding hydrogens is 256 g/mol. The average Bonchev–Trinajstić information content (AvgIpc) is 2.72. The molecule has 0 saturated heterocycles. The number of carbonyl (C=O) groups is 1. The predicted molar refractivity (Wildman–Crippen MR) is 77.5 cm³/mol. The number of ketones is 1. The maximum absolute atomic E-state index is 12.2. The summed E-state index contributed by atoms with van der Waals surface area (Å²) < 4.78 is 0. The highest BCUT2D eigenvalue weighted by molar-refractivity contribution is 8.04. The Morgan fingerprint density at radius 1 is 1.16 bits per heavy atom. The molecule has 0 atom stereocenters. The number of allylic oxidation sites excluding steroid dienone is 1. The van der Waals surface area contributed by atoms with Gasteiger partial charge >= 0.3 is 0 Å². The fraction of sp³-hybridized carbons (Fsp3) is 0.0625. The monoisotopic (exact) mass is 268 g/mol. The van der Waals surface area contributed by atoms with Gasteiger partial charge in [0, 0.05) is 16.0 Å². The molecule has 0 spiro atoms. The summed E-state index contributed by atoms with van der Waals surface area (Å²) in [7, 11) is 0. The van der Waals surface area contributed by atoms with Crippen LogP contribution in [0.15, 0.2) is 52.3 Å². The van der Waals surface area contributed by atoms with Crippen LogP contribution >= 0.6 is 11.8 Å². The highest BCUT2D eigenvalue weighted by Crippen LogP contribution is 2.41. The van der Waals surface area contributed by atoms with Crippen molar-refractivity contribution in [2.24, 2.45) is 0 Å². The molecule has 0 amide bonds. The highest BCUT2D eigenvalue weighted by atomic mass is 32.2. The zero-order chi connectivity index (χ0) is 13.4. The van der Waals surface area contributed by atoms with Crippen molar-refractivity contribution in [2.45, 2.75) is 11.8 Å². The number of phenolic OH excluding ortho intramolecular Hbond substituents is 1. The SMILES string of the molecule is Cc1ccc(O)c(/C=C2\Sc3ccccc3C2=O)c1. The summed E-state index contributed by atoms with van der Waals surface area (Å²) in [5.41, 5.74) is 2.48. The molecule has 2 aromatic rings. The van der Waals surface area contributed by atoms with Crippen molar-refractivity contribution < 1.29 is 9.90 Å². The first-order valence-corrected chi connectivity index (χ1v) is 6.80. The van der Waals surface area contributed by atoms with Crippen LogP contribution in [0.25, 0.3) is 6.08 Å². The lowest BCUT2D eigenvalue weighted by atomic mass is 10.1. The minimum Gasteiger partial charge on any atom is -0.507 e. The van der Waals surface area contributed by atoms with Crippen LogP contribution in [0.5, 0.6) is 5.75 Å². The number of rotatable bonds is 1. The Morgan fingerprint density at radius 2 is 1.95 bits per heavy atom. The number of aromatic hydroxyl groups is 1. The van der Waals surface area contributed by atoms with Gasteiger partial charge in [-0.3, -0.25) is 4.79 Å². The summed E-state index contributed by atoms with van der Waals surface area (Å²) in [6.45, 7) is 1.96. The molecule has 0 aliphatic carbocycles. The second-order valence-corrected chi connectivity index (χ2v) is 5.58. The number of thioether (sulfide) groups is 1. The van der Waals surface area contributed by atoms with Crippen molar-refractivity contribution in [1.29, 1.82) is 0 Å². The highest BCUT2D eigenvalue weighted by Gasteiger charge is 2.25. The summed E-state index contributed by atoms with van der Waals surface area (Å²) in [6.07, 6.45) is 1.76. The number of benzene rings is 2. The number of phenols is 1. The van der Waals surface area contributed by atoms with E-state index in [0.717, 1.165) is 16.0 Å². The van der Waals surface area contributed by atoms with Crippen molar-refractivity contribution in [1.82, 2.24) is 0 Å². The topological polar surface area (TPSA) is 37.3 Å². The second kappa shape index (κ2) is 4.59. The van der Waals surface area contributed by atoms with E-state index in [2.05, 4.69) is 0 Å². The molecule has 2 aromatic carbocycles. The number of Topliss-reactive ketones (excluding diaryl/α,β-unsaturated/α-hetero) is 1. The van der Waals surface area contributed by atoms with Gasteiger partial charge in [0.15, 0.2) is 0 Å². The normalized spacial score (nSPS) is 15.8. The van der Waals surface area contributed by atoms with Gasteiger partial charge in [-0.2, -0.15) is 0 Å². The summed E-state index contributed by atoms with van der Waals surface area (Å²) in [4.78, 5) is 13.9. The summed E-state index contributed by atoms with van der Waals surface area (Å²) in [5, 5.41) is 9.83. The molecule has 0 unspecified atom stereocenters. The fourth-order valence-electron chi connectivity index (χ4n) is 2.07. The molecule has 2 nitrogen and oxygen atoms in total. The molecule has 0 saturated carbocycles. The van der Waals surface area contributed by atoms with Crippen LogP contribution < -0.4 is 0 Å². The van der Waals surface area contributed by atoms with Crippen LogP contribution in [0.1, 0.15) is 21.5 Å². The van der Waals surface area contributed by atoms with Gasteiger partial charge in [-0.25, -0.2) is 0 Å². The van der Waals surface area contributed by atoms with Gasteiger partial charge in [-0.15, -0.1) is 0 Å². The first-order chi connectivity index (χ1) is 9.15. The summed E-state index contributed by atoms with van der Waals surface area (Å²) in [6, 6.07) is 12.9. The van der Waals surface area contributed by atoms with E-state index in [1.54, 1.807) is 12.1 Å². The van der Waals surface area contributed by atoms with Crippen LogP contribution in [-0.2, 0) is 0 Å². The van der Waals surface area contributed by atoms with E-state index >= 15 is 0 Å². The molecule has 19 heavy (non-hydrogen) atoms. The lowest BCUT2D eigenvalue weighted by Gasteiger charge is -2.01. The van der Waals surface area contributed by atoms with Gasteiger partial charge in [0.25, 0.3) is 0 Å². The maximum Gasteiger partial charge on any atom is 0.200 e. The molecule has 0 bridgehead atoms. The van der Waals surface area contributed by atoms with Crippen molar-refractivity contribution in [3.8, 4) is 5.75 Å². The third-order valence-electron chi connectivity index (χ3n) is 3.05. The lowest BCUT2D eigenvalue weighted by Crippen LogP contribution is -1.93. The van der Waals surface area contributed by atoms with Crippen molar-refractivity contribution in [3.63, 3.8) is 0 Å². The Hall–Kier alpha value is -2.00. The first-order valence-electron chi connectivity index (χ1n) is 5.98. The van der Waals surface area contributed by atoms with E-state index in [-0.39, 0.29) is 11.5 Å². The van der Waals surface area contributed by atoms with Crippen molar-refractivity contribution >= 4 is 23.6 Å². The van der Waals surface area contributed by atoms with E-state index in [4.69, 9.17) is 0 Å². The van der Waals surface area contributed by atoms with Crippen LogP contribution in [0.4, 0.5) is 0 Å². The van der Waals surface area contributed by atoms with E-state index in [1.807, 2.05) is 43.3 Å². The standard InChI is InChI=1S/C16H12O2S/c1-10-6-7-13(17)11(8-10)9-15-16(18)12-4-2-3-5-14(12)19-15/h2-9,17H,1H3/b15-9-. The summed E-state index contributed by atoms with van der Waals surface area (Å²) in [5.74, 6) is 0.226. The van der Waals surface area contributed by atoms with Gasteiger partial charge in [-0.1, -0.05) is 35.5 Å². The number of hydrogen-bond donors (Lipinski definition) is 1. The minimum atomic E-state index is 0.0292. The van der Waals surface area contributed by atoms with E-state index < -0.39 is 0 Å². The van der Waals surface area contributed by atoms with Gasteiger partial charge < -0.3 is 5.11 Å². The molecule has 0 radical (unpaired) electrons. The Bertz CT molecular complexity index is 702. The molecule has 1 N–H and O–H groups in total. The Labute approximate surface area is 115 Å². The van der Waals surface area contributed by atoms with Gasteiger partial charge in [0.1, 0.15) is 5.75 Å². The third-order valence-corrected chi connectivity index (χ3v) is 4.14. The zero-order valence-corrected chi connectivity index (χ0v) is 11.2. The second-order valence-electron chi connectivity index (χ2n) is 4.50. The van der Waals surface area contributed by atoms with E-state index in [9.17, 15) is 9.90 Å². The van der Waals surface area contributed by atoms with Crippen molar-refractivity contribution in [2.75, 3.05) is 0 Å². The number of carbonyl (C=O) groups excluding carboxylic acids is 1. The lowest BCUT2D eigenvalue weighted by molar-refractivity contribution is 0.104. The minimum absolute atomic E-state index is 0.0292. The Kier molecular flexibility index (Phi) is 2.91. The van der Waals surface area contributed by atoms with Crippen LogP contribution in [0.2, 0.25) is 0 Å². The molecule has 0 aromatic heterocycles. The molecular formula is C16H12O2S. The van der Waals surface area contributed by atoms with Crippen LogP contribution in [-0.4, -0.2) is 10.9 Å². The predicted octanol–water partition coefficient (Wildman–Crippen LogP) is 4.03. The largest absolute Gasteiger partial charge is 0.507 e. The molecule has 94 valence electrons. The van der Waals surface area contributed by atoms with Crippen LogP contribution in [0, 0.1) is 6.92 Å². The fourth-order valence-corrected chi connectivity index (χ4v) is 3.11. The first kappa shape index (κ1) is 12.1. The quantitative estimate of drug-likeness (QED) is 0.793.